The van der Waals surface area contributed by atoms with Crippen LogP contribution in [0.2, 0.25) is 0 Å². The molecule has 0 radical (unpaired) electrons. The summed E-state index contributed by atoms with van der Waals surface area (Å²) in [5, 5.41) is 7.10. The minimum Gasteiger partial charge on any atom is -0.493 e. The normalized spacial score (nSPS) is 19.7. The lowest BCUT2D eigenvalue weighted by molar-refractivity contribution is 0.0377. The van der Waals surface area contributed by atoms with Crippen LogP contribution in [0.5, 0.6) is 5.75 Å². The van der Waals surface area contributed by atoms with Crippen molar-refractivity contribution in [2.24, 2.45) is 4.99 Å². The number of hydrogen-bond acceptors (Lipinski definition) is 5. The molecule has 162 valence electrons. The van der Waals surface area contributed by atoms with Crippen molar-refractivity contribution in [2.75, 3.05) is 52.5 Å². The number of para-hydroxylation sites is 1. The van der Waals surface area contributed by atoms with Crippen LogP contribution < -0.4 is 15.4 Å². The Bertz CT molecular complexity index is 788. The van der Waals surface area contributed by atoms with Crippen LogP contribution in [0.15, 0.2) is 52.1 Å². The van der Waals surface area contributed by atoms with Crippen molar-refractivity contribution in [3.63, 3.8) is 0 Å². The lowest BCUT2D eigenvalue weighted by atomic mass is 10.0. The van der Waals surface area contributed by atoms with Gasteiger partial charge in [0.05, 0.1) is 32.1 Å². The van der Waals surface area contributed by atoms with E-state index in [0.29, 0.717) is 6.61 Å². The number of morpholine rings is 1. The second-order valence-corrected chi connectivity index (χ2v) is 7.67. The van der Waals surface area contributed by atoms with E-state index in [4.69, 9.17) is 18.9 Å². The molecule has 1 atom stereocenters. The zero-order chi connectivity index (χ0) is 20.4. The minimum absolute atomic E-state index is 0.198. The number of aliphatic imine (C=N–C) groups is 1. The van der Waals surface area contributed by atoms with Crippen LogP contribution in [0, 0.1) is 0 Å². The summed E-state index contributed by atoms with van der Waals surface area (Å²) in [4.78, 5) is 7.31. The van der Waals surface area contributed by atoms with Gasteiger partial charge in [0.15, 0.2) is 5.96 Å². The third kappa shape index (κ3) is 6.00. The van der Waals surface area contributed by atoms with E-state index in [0.717, 1.165) is 82.7 Å². The van der Waals surface area contributed by atoms with Gasteiger partial charge in [0.1, 0.15) is 11.5 Å². The van der Waals surface area contributed by atoms with Gasteiger partial charge in [-0.15, -0.1) is 0 Å². The lowest BCUT2D eigenvalue weighted by Crippen LogP contribution is -2.42. The largest absolute Gasteiger partial charge is 0.493 e. The van der Waals surface area contributed by atoms with Crippen LogP contribution in [0.25, 0.3) is 0 Å². The summed E-state index contributed by atoms with van der Waals surface area (Å²) in [5.41, 5.74) is 1.19. The van der Waals surface area contributed by atoms with Crippen molar-refractivity contribution in [3.05, 3.63) is 54.0 Å². The molecule has 0 amide bonds. The number of fused-ring (bicyclic) bond motifs is 1. The molecule has 2 aliphatic heterocycles. The molecule has 2 N–H and O–H groups in total. The average molecular weight is 413 g/mol. The van der Waals surface area contributed by atoms with E-state index >= 15 is 0 Å². The summed E-state index contributed by atoms with van der Waals surface area (Å²) >= 11 is 0. The molecule has 7 nitrogen and oxygen atoms in total. The quantitative estimate of drug-likeness (QED) is 0.395. The fourth-order valence-corrected chi connectivity index (χ4v) is 3.88. The minimum atomic E-state index is 0.198. The van der Waals surface area contributed by atoms with Crippen molar-refractivity contribution in [1.29, 1.82) is 0 Å². The maximum Gasteiger partial charge on any atom is 0.191 e. The fraction of sp³-hybridized carbons (Fsp3) is 0.522. The van der Waals surface area contributed by atoms with Gasteiger partial charge >= 0.3 is 0 Å². The van der Waals surface area contributed by atoms with Crippen LogP contribution in [0.3, 0.4) is 0 Å². The van der Waals surface area contributed by atoms with Crippen molar-refractivity contribution >= 4 is 5.96 Å². The molecule has 0 bridgehead atoms. The maximum absolute atomic E-state index is 5.80. The number of hydrogen-bond donors (Lipinski definition) is 2. The number of nitrogens with zero attached hydrogens (tertiary/aromatic N) is 2. The third-order valence-electron chi connectivity index (χ3n) is 5.52. The summed E-state index contributed by atoms with van der Waals surface area (Å²) in [6, 6.07) is 12.4. The molecule has 1 unspecified atom stereocenters. The van der Waals surface area contributed by atoms with Gasteiger partial charge in [-0.2, -0.15) is 0 Å². The van der Waals surface area contributed by atoms with Crippen LogP contribution in [0.4, 0.5) is 0 Å². The molecule has 2 aliphatic rings. The first-order valence-electron chi connectivity index (χ1n) is 11.0. The molecule has 0 spiro atoms. The zero-order valence-electron chi connectivity index (χ0n) is 17.5. The second-order valence-electron chi connectivity index (χ2n) is 7.67. The van der Waals surface area contributed by atoms with Crippen molar-refractivity contribution < 1.29 is 13.9 Å². The molecular formula is C23H32N4O3. The smallest absolute Gasteiger partial charge is 0.191 e. The third-order valence-corrected chi connectivity index (χ3v) is 5.52. The van der Waals surface area contributed by atoms with Crippen molar-refractivity contribution in [1.82, 2.24) is 15.5 Å². The molecule has 7 heteroatoms. The van der Waals surface area contributed by atoms with E-state index in [1.54, 1.807) is 6.26 Å². The monoisotopic (exact) mass is 412 g/mol. The van der Waals surface area contributed by atoms with Crippen LogP contribution in [-0.4, -0.2) is 63.4 Å². The van der Waals surface area contributed by atoms with Gasteiger partial charge in [-0.05, 0) is 24.6 Å². The summed E-state index contributed by atoms with van der Waals surface area (Å²) in [5.74, 6) is 2.79. The average Bonchev–Trinajstić information content (AvgIpc) is 3.31. The standard InChI is InChI=1S/C23H32N4O3/c1-2-7-22-20(6-1)21(9-16-30-22)26-23(25-11-8-19-5-3-15-29-19)24-10-4-12-27-13-17-28-18-14-27/h1-3,5-7,15,21H,4,8-14,16-18H2,(H2,24,25,26). The van der Waals surface area contributed by atoms with Gasteiger partial charge in [-0.1, -0.05) is 18.2 Å². The van der Waals surface area contributed by atoms with Crippen LogP contribution in [0.1, 0.15) is 30.2 Å². The zero-order valence-corrected chi connectivity index (χ0v) is 17.5. The predicted octanol–water partition coefficient (Wildman–Crippen LogP) is 2.60. The molecule has 3 heterocycles. The molecule has 30 heavy (non-hydrogen) atoms. The Morgan fingerprint density at radius 2 is 2.00 bits per heavy atom. The van der Waals surface area contributed by atoms with E-state index in [1.165, 1.54) is 5.56 Å². The first kappa shape index (κ1) is 20.8. The molecule has 2 aromatic rings. The predicted molar refractivity (Wildman–Crippen MR) is 117 cm³/mol. The highest BCUT2D eigenvalue weighted by Crippen LogP contribution is 2.31. The summed E-state index contributed by atoms with van der Waals surface area (Å²) in [7, 11) is 0. The highest BCUT2D eigenvalue weighted by Gasteiger charge is 2.22. The number of rotatable bonds is 8. The van der Waals surface area contributed by atoms with E-state index < -0.39 is 0 Å². The van der Waals surface area contributed by atoms with Crippen molar-refractivity contribution in [3.8, 4) is 5.75 Å². The molecule has 1 aromatic carbocycles. The van der Waals surface area contributed by atoms with E-state index in [1.807, 2.05) is 24.3 Å². The molecule has 1 saturated heterocycles. The second kappa shape index (κ2) is 11.0. The van der Waals surface area contributed by atoms with E-state index in [9.17, 15) is 0 Å². The fourth-order valence-electron chi connectivity index (χ4n) is 3.88. The first-order valence-corrected chi connectivity index (χ1v) is 11.0. The Hall–Kier alpha value is -2.51. The number of nitrogens with one attached hydrogen (secondary N) is 2. The molecule has 0 saturated carbocycles. The molecular weight excluding hydrogens is 380 g/mol. The van der Waals surface area contributed by atoms with Crippen LogP contribution in [-0.2, 0) is 11.2 Å². The molecule has 1 aromatic heterocycles. The van der Waals surface area contributed by atoms with Crippen LogP contribution >= 0.6 is 0 Å². The van der Waals surface area contributed by atoms with Gasteiger partial charge in [0.2, 0.25) is 0 Å². The summed E-state index contributed by atoms with van der Waals surface area (Å²) in [6.07, 6.45) is 4.50. The van der Waals surface area contributed by atoms with Gasteiger partial charge in [-0.3, -0.25) is 9.89 Å². The SMILES string of the molecule is c1coc(CCNC(=NCCCN2CCOCC2)NC2CCOc3ccccc32)c1. The molecule has 4 rings (SSSR count). The first-order chi connectivity index (χ1) is 14.9. The number of ether oxygens (including phenoxy) is 2. The number of benzene rings is 1. The van der Waals surface area contributed by atoms with E-state index in [2.05, 4.69) is 27.7 Å². The van der Waals surface area contributed by atoms with Gasteiger partial charge in [0.25, 0.3) is 0 Å². The van der Waals surface area contributed by atoms with Gasteiger partial charge in [0, 0.05) is 51.1 Å². The number of guanidine groups is 1. The van der Waals surface area contributed by atoms with E-state index in [-0.39, 0.29) is 6.04 Å². The Morgan fingerprint density at radius 3 is 2.87 bits per heavy atom. The highest BCUT2D eigenvalue weighted by atomic mass is 16.5. The Kier molecular flexibility index (Phi) is 7.63. The Labute approximate surface area is 178 Å². The molecule has 1 fully saturated rings. The van der Waals surface area contributed by atoms with Crippen molar-refractivity contribution in [2.45, 2.75) is 25.3 Å². The summed E-state index contributed by atoms with van der Waals surface area (Å²) < 4.78 is 16.7. The Morgan fingerprint density at radius 1 is 1.10 bits per heavy atom. The highest BCUT2D eigenvalue weighted by molar-refractivity contribution is 5.80. The Balaban J connectivity index is 1.34. The number of furan rings is 1. The van der Waals surface area contributed by atoms with Gasteiger partial charge in [-0.25, -0.2) is 0 Å². The van der Waals surface area contributed by atoms with Gasteiger partial charge < -0.3 is 24.5 Å². The topological polar surface area (TPSA) is 71.3 Å². The maximum atomic E-state index is 5.80. The summed E-state index contributed by atoms with van der Waals surface area (Å²) in [6.45, 7) is 7.06. The molecule has 0 aliphatic carbocycles. The lowest BCUT2D eigenvalue weighted by Gasteiger charge is -2.28.